The third kappa shape index (κ3) is 5.05. The minimum Gasteiger partial charge on any atom is -0.453 e. The van der Waals surface area contributed by atoms with Crippen molar-refractivity contribution in [3.63, 3.8) is 0 Å². The quantitative estimate of drug-likeness (QED) is 0.446. The zero-order valence-corrected chi connectivity index (χ0v) is 15.6. The van der Waals surface area contributed by atoms with Gasteiger partial charge in [-0.15, -0.1) is 0 Å². The van der Waals surface area contributed by atoms with Gasteiger partial charge in [-0.3, -0.25) is 4.98 Å². The minimum atomic E-state index is -0.493. The van der Waals surface area contributed by atoms with Crippen LogP contribution >= 0.6 is 0 Å². The summed E-state index contributed by atoms with van der Waals surface area (Å²) in [5.74, 6) is 0.777. The fourth-order valence-corrected chi connectivity index (χ4v) is 2.56. The molecular formula is C22H16F2N4O2. The van der Waals surface area contributed by atoms with Crippen molar-refractivity contribution in [1.29, 1.82) is 0 Å². The van der Waals surface area contributed by atoms with Crippen LogP contribution in [0.1, 0.15) is 5.56 Å². The highest BCUT2D eigenvalue weighted by molar-refractivity contribution is 5.36. The molecule has 0 aliphatic rings. The molecule has 0 spiro atoms. The molecule has 2 heterocycles. The van der Waals surface area contributed by atoms with Crippen LogP contribution in [-0.4, -0.2) is 15.0 Å². The molecule has 0 radical (unpaired) electrons. The number of anilines is 1. The molecule has 0 bridgehead atoms. The van der Waals surface area contributed by atoms with E-state index in [1.165, 1.54) is 42.7 Å². The molecule has 4 aromatic rings. The Labute approximate surface area is 171 Å². The van der Waals surface area contributed by atoms with E-state index in [4.69, 9.17) is 9.47 Å². The molecule has 0 aliphatic carbocycles. The molecule has 0 saturated carbocycles. The summed E-state index contributed by atoms with van der Waals surface area (Å²) >= 11 is 0. The maximum atomic E-state index is 14.3. The van der Waals surface area contributed by atoms with Gasteiger partial charge in [0.15, 0.2) is 11.6 Å². The van der Waals surface area contributed by atoms with Gasteiger partial charge in [0.2, 0.25) is 11.8 Å². The predicted octanol–water partition coefficient (Wildman–Crippen LogP) is 5.35. The molecule has 150 valence electrons. The van der Waals surface area contributed by atoms with Gasteiger partial charge in [0.05, 0.1) is 6.20 Å². The van der Waals surface area contributed by atoms with Crippen molar-refractivity contribution < 1.29 is 18.3 Å². The maximum absolute atomic E-state index is 14.3. The van der Waals surface area contributed by atoms with Crippen LogP contribution in [0.4, 0.5) is 14.7 Å². The zero-order chi connectivity index (χ0) is 20.8. The summed E-state index contributed by atoms with van der Waals surface area (Å²) < 4.78 is 38.4. The smallest absolute Gasteiger partial charge is 0.226 e. The Morgan fingerprint density at radius 3 is 2.50 bits per heavy atom. The summed E-state index contributed by atoms with van der Waals surface area (Å²) in [5, 5.41) is 3.01. The van der Waals surface area contributed by atoms with E-state index < -0.39 is 5.82 Å². The molecule has 8 heteroatoms. The fraction of sp³-hybridized carbons (Fsp3) is 0.0455. The van der Waals surface area contributed by atoms with Crippen molar-refractivity contribution in [2.75, 3.05) is 5.32 Å². The van der Waals surface area contributed by atoms with Crippen LogP contribution in [0.2, 0.25) is 0 Å². The van der Waals surface area contributed by atoms with Crippen LogP contribution in [0.25, 0.3) is 0 Å². The Morgan fingerprint density at radius 1 is 0.867 bits per heavy atom. The molecule has 0 fully saturated rings. The Kier molecular flexibility index (Phi) is 5.75. The van der Waals surface area contributed by atoms with Gasteiger partial charge in [0.1, 0.15) is 17.3 Å². The van der Waals surface area contributed by atoms with Gasteiger partial charge in [-0.05, 0) is 54.1 Å². The molecule has 2 aromatic carbocycles. The average Bonchev–Trinajstić information content (AvgIpc) is 2.77. The molecule has 4 rings (SSSR count). The van der Waals surface area contributed by atoms with E-state index in [9.17, 15) is 8.78 Å². The first-order chi connectivity index (χ1) is 14.7. The zero-order valence-electron chi connectivity index (χ0n) is 15.6. The highest BCUT2D eigenvalue weighted by Crippen LogP contribution is 2.25. The van der Waals surface area contributed by atoms with E-state index in [1.807, 2.05) is 0 Å². The number of nitrogens with zero attached hydrogens (tertiary/aromatic N) is 3. The molecule has 6 nitrogen and oxygen atoms in total. The number of pyridine rings is 1. The van der Waals surface area contributed by atoms with Gasteiger partial charge in [-0.2, -0.15) is 4.98 Å². The van der Waals surface area contributed by atoms with Crippen molar-refractivity contribution in [1.82, 2.24) is 15.0 Å². The summed E-state index contributed by atoms with van der Waals surface area (Å²) in [6.45, 7) is 0.296. The molecule has 0 saturated heterocycles. The van der Waals surface area contributed by atoms with E-state index in [-0.39, 0.29) is 11.6 Å². The first kappa shape index (κ1) is 19.3. The van der Waals surface area contributed by atoms with Crippen molar-refractivity contribution >= 4 is 5.95 Å². The van der Waals surface area contributed by atoms with Gasteiger partial charge in [0, 0.05) is 25.0 Å². The van der Waals surface area contributed by atoms with Gasteiger partial charge in [0.25, 0.3) is 0 Å². The van der Waals surface area contributed by atoms with Crippen LogP contribution in [0.3, 0.4) is 0 Å². The molecule has 1 N–H and O–H groups in total. The topological polar surface area (TPSA) is 69.2 Å². The van der Waals surface area contributed by atoms with Crippen molar-refractivity contribution in [2.24, 2.45) is 0 Å². The van der Waals surface area contributed by atoms with E-state index in [0.717, 1.165) is 0 Å². The van der Waals surface area contributed by atoms with Crippen molar-refractivity contribution in [2.45, 2.75) is 6.54 Å². The lowest BCUT2D eigenvalue weighted by molar-refractivity contribution is 0.440. The number of benzene rings is 2. The first-order valence-corrected chi connectivity index (χ1v) is 9.02. The highest BCUT2D eigenvalue weighted by atomic mass is 19.1. The van der Waals surface area contributed by atoms with Gasteiger partial charge >= 0.3 is 0 Å². The second-order valence-electron chi connectivity index (χ2n) is 6.18. The molecule has 0 aliphatic heterocycles. The Balaban J connectivity index is 1.38. The Morgan fingerprint density at radius 2 is 1.73 bits per heavy atom. The van der Waals surface area contributed by atoms with Crippen molar-refractivity contribution in [3.8, 4) is 23.1 Å². The Bertz CT molecular complexity index is 1130. The Hall–Kier alpha value is -4.07. The number of nitrogens with one attached hydrogen (secondary N) is 1. The third-order valence-electron chi connectivity index (χ3n) is 3.98. The summed E-state index contributed by atoms with van der Waals surface area (Å²) in [6, 6.07) is 15.2. The standard InChI is InChI=1S/C22H16F2N4O2/c23-16-4-6-17(7-5-16)30-21-9-11-26-22(28-21)27-13-15-3-8-20(19(24)12-15)29-18-2-1-10-25-14-18/h1-12,14H,13H2,(H,26,27,28). The van der Waals surface area contributed by atoms with Crippen molar-refractivity contribution in [3.05, 3.63) is 96.5 Å². The predicted molar refractivity (Wildman–Crippen MR) is 107 cm³/mol. The molecule has 2 aromatic heterocycles. The summed E-state index contributed by atoms with van der Waals surface area (Å²) in [7, 11) is 0. The highest BCUT2D eigenvalue weighted by Gasteiger charge is 2.08. The third-order valence-corrected chi connectivity index (χ3v) is 3.98. The van der Waals surface area contributed by atoms with E-state index in [1.54, 1.807) is 36.5 Å². The van der Waals surface area contributed by atoms with E-state index >= 15 is 0 Å². The summed E-state index contributed by atoms with van der Waals surface area (Å²) in [4.78, 5) is 12.3. The number of aromatic nitrogens is 3. The number of rotatable bonds is 7. The second kappa shape index (κ2) is 8.95. The second-order valence-corrected chi connectivity index (χ2v) is 6.18. The van der Waals surface area contributed by atoms with E-state index in [0.29, 0.717) is 35.4 Å². The van der Waals surface area contributed by atoms with Crippen LogP contribution in [0.5, 0.6) is 23.1 Å². The molecule has 0 unspecified atom stereocenters. The van der Waals surface area contributed by atoms with Crippen LogP contribution in [0, 0.1) is 11.6 Å². The molecular weight excluding hydrogens is 390 g/mol. The first-order valence-electron chi connectivity index (χ1n) is 9.02. The lowest BCUT2D eigenvalue weighted by Gasteiger charge is -2.10. The monoisotopic (exact) mass is 406 g/mol. The van der Waals surface area contributed by atoms with Gasteiger partial charge in [-0.1, -0.05) is 6.07 Å². The minimum absolute atomic E-state index is 0.109. The normalized spacial score (nSPS) is 10.5. The maximum Gasteiger partial charge on any atom is 0.226 e. The average molecular weight is 406 g/mol. The lowest BCUT2D eigenvalue weighted by atomic mass is 10.2. The molecule has 0 atom stereocenters. The van der Waals surface area contributed by atoms with Crippen LogP contribution < -0.4 is 14.8 Å². The lowest BCUT2D eigenvalue weighted by Crippen LogP contribution is -2.04. The number of ether oxygens (including phenoxy) is 2. The molecule has 30 heavy (non-hydrogen) atoms. The number of hydrogen-bond acceptors (Lipinski definition) is 6. The van der Waals surface area contributed by atoms with Gasteiger partial charge < -0.3 is 14.8 Å². The van der Waals surface area contributed by atoms with Gasteiger partial charge in [-0.25, -0.2) is 13.8 Å². The summed E-state index contributed by atoms with van der Waals surface area (Å²) in [5.41, 5.74) is 0.680. The largest absolute Gasteiger partial charge is 0.453 e. The number of halogens is 2. The van der Waals surface area contributed by atoms with E-state index in [2.05, 4.69) is 20.3 Å². The van der Waals surface area contributed by atoms with Crippen LogP contribution in [-0.2, 0) is 6.54 Å². The molecule has 0 amide bonds. The van der Waals surface area contributed by atoms with Crippen LogP contribution in [0.15, 0.2) is 79.3 Å². The number of hydrogen-bond donors (Lipinski definition) is 1. The SMILES string of the molecule is Fc1ccc(Oc2ccnc(NCc3ccc(Oc4cccnc4)c(F)c3)n2)cc1. The fourth-order valence-electron chi connectivity index (χ4n) is 2.56. The summed E-state index contributed by atoms with van der Waals surface area (Å²) in [6.07, 6.45) is 4.65.